The molecule has 92 valence electrons. The third-order valence-corrected chi connectivity index (χ3v) is 3.03. The standard InChI is InChI=1S/C10H11NO5S/c1-17(15,16)8-5-3-2-4-7(8)11-9(12)6-10(13)14/h2-5H,6H2,1H3,(H,11,12)(H,13,14). The summed E-state index contributed by atoms with van der Waals surface area (Å²) in [4.78, 5) is 21.5. The van der Waals surface area contributed by atoms with Crippen LogP contribution in [0.3, 0.4) is 0 Å². The van der Waals surface area contributed by atoms with E-state index in [1.165, 1.54) is 18.2 Å². The first-order chi connectivity index (χ1) is 7.80. The first-order valence-corrected chi connectivity index (χ1v) is 6.50. The van der Waals surface area contributed by atoms with Gasteiger partial charge in [0.15, 0.2) is 9.84 Å². The lowest BCUT2D eigenvalue weighted by atomic mass is 10.3. The molecule has 0 saturated heterocycles. The summed E-state index contributed by atoms with van der Waals surface area (Å²) in [5.41, 5.74) is 0.0845. The number of rotatable bonds is 4. The van der Waals surface area contributed by atoms with E-state index in [0.29, 0.717) is 0 Å². The van der Waals surface area contributed by atoms with Crippen molar-refractivity contribution < 1.29 is 23.1 Å². The minimum absolute atomic E-state index is 0.0428. The number of sulfone groups is 1. The molecule has 0 aliphatic rings. The summed E-state index contributed by atoms with van der Waals surface area (Å²) in [6.07, 6.45) is 0.299. The van der Waals surface area contributed by atoms with Crippen molar-refractivity contribution in [2.75, 3.05) is 11.6 Å². The summed E-state index contributed by atoms with van der Waals surface area (Å²) in [7, 11) is -3.47. The largest absolute Gasteiger partial charge is 0.481 e. The van der Waals surface area contributed by atoms with E-state index < -0.39 is 28.1 Å². The zero-order valence-corrected chi connectivity index (χ0v) is 9.82. The first kappa shape index (κ1) is 13.2. The summed E-state index contributed by atoms with van der Waals surface area (Å²) in [5, 5.41) is 10.7. The van der Waals surface area contributed by atoms with Gasteiger partial charge >= 0.3 is 5.97 Å². The van der Waals surface area contributed by atoms with Crippen LogP contribution in [0.1, 0.15) is 6.42 Å². The summed E-state index contributed by atoms with van der Waals surface area (Å²) in [5.74, 6) is -2.05. The highest BCUT2D eigenvalue weighted by Gasteiger charge is 2.15. The van der Waals surface area contributed by atoms with E-state index in [2.05, 4.69) is 5.32 Å². The Kier molecular flexibility index (Phi) is 3.84. The van der Waals surface area contributed by atoms with Gasteiger partial charge in [0.2, 0.25) is 5.91 Å². The van der Waals surface area contributed by atoms with Gasteiger partial charge in [-0.15, -0.1) is 0 Å². The second-order valence-corrected chi connectivity index (χ2v) is 5.37. The second-order valence-electron chi connectivity index (χ2n) is 3.39. The Balaban J connectivity index is 3.00. The number of para-hydroxylation sites is 1. The fourth-order valence-corrected chi connectivity index (χ4v) is 2.07. The molecule has 0 radical (unpaired) electrons. The van der Waals surface area contributed by atoms with Crippen LogP contribution in [0, 0.1) is 0 Å². The Morgan fingerprint density at radius 3 is 2.41 bits per heavy atom. The number of carboxylic acid groups (broad SMARTS) is 1. The minimum Gasteiger partial charge on any atom is -0.481 e. The van der Waals surface area contributed by atoms with Crippen molar-refractivity contribution in [3.05, 3.63) is 24.3 Å². The number of anilines is 1. The molecule has 1 aromatic carbocycles. The Bertz CT molecular complexity index is 550. The van der Waals surface area contributed by atoms with Gasteiger partial charge in [-0.3, -0.25) is 9.59 Å². The molecule has 0 aliphatic carbocycles. The molecule has 0 fully saturated rings. The molecule has 7 heteroatoms. The SMILES string of the molecule is CS(=O)(=O)c1ccccc1NC(=O)CC(=O)O. The number of carbonyl (C=O) groups excluding carboxylic acids is 1. The van der Waals surface area contributed by atoms with Crippen LogP contribution in [0.2, 0.25) is 0 Å². The highest BCUT2D eigenvalue weighted by molar-refractivity contribution is 7.90. The van der Waals surface area contributed by atoms with E-state index in [1.54, 1.807) is 6.07 Å². The highest BCUT2D eigenvalue weighted by atomic mass is 32.2. The van der Waals surface area contributed by atoms with Gasteiger partial charge in [-0.1, -0.05) is 12.1 Å². The predicted octanol–water partition coefficient (Wildman–Crippen LogP) is 0.503. The molecular weight excluding hydrogens is 246 g/mol. The molecule has 1 aromatic rings. The maximum absolute atomic E-state index is 11.4. The number of amides is 1. The third kappa shape index (κ3) is 3.87. The molecule has 0 aromatic heterocycles. The smallest absolute Gasteiger partial charge is 0.312 e. The van der Waals surface area contributed by atoms with E-state index >= 15 is 0 Å². The molecule has 0 heterocycles. The highest BCUT2D eigenvalue weighted by Crippen LogP contribution is 2.20. The van der Waals surface area contributed by atoms with Crippen LogP contribution in [0.15, 0.2) is 29.2 Å². The average Bonchev–Trinajstić information content (AvgIpc) is 2.15. The van der Waals surface area contributed by atoms with E-state index in [-0.39, 0.29) is 10.6 Å². The van der Waals surface area contributed by atoms with Gasteiger partial charge in [-0.2, -0.15) is 0 Å². The van der Waals surface area contributed by atoms with E-state index in [0.717, 1.165) is 6.26 Å². The van der Waals surface area contributed by atoms with Gasteiger partial charge in [-0.25, -0.2) is 8.42 Å². The van der Waals surface area contributed by atoms with Crippen LogP contribution in [-0.2, 0) is 19.4 Å². The van der Waals surface area contributed by atoms with E-state index in [4.69, 9.17) is 5.11 Å². The Morgan fingerprint density at radius 1 is 1.29 bits per heavy atom. The molecule has 1 amide bonds. The predicted molar refractivity (Wildman–Crippen MR) is 60.4 cm³/mol. The second kappa shape index (κ2) is 4.96. The van der Waals surface area contributed by atoms with Gasteiger partial charge in [0.25, 0.3) is 0 Å². The normalized spacial score (nSPS) is 10.9. The fourth-order valence-electron chi connectivity index (χ4n) is 1.22. The van der Waals surface area contributed by atoms with Crippen molar-refractivity contribution in [3.63, 3.8) is 0 Å². The van der Waals surface area contributed by atoms with Gasteiger partial charge in [0.05, 0.1) is 10.6 Å². The Labute approximate surface area is 98.2 Å². The number of benzene rings is 1. The van der Waals surface area contributed by atoms with Crippen LogP contribution in [0.4, 0.5) is 5.69 Å². The van der Waals surface area contributed by atoms with Crippen LogP contribution in [0.5, 0.6) is 0 Å². The quantitative estimate of drug-likeness (QED) is 0.765. The van der Waals surface area contributed by atoms with Gasteiger partial charge in [0, 0.05) is 6.26 Å². The maximum atomic E-state index is 11.4. The zero-order valence-electron chi connectivity index (χ0n) is 9.00. The molecule has 0 bridgehead atoms. The fraction of sp³-hybridized carbons (Fsp3) is 0.200. The van der Waals surface area contributed by atoms with Gasteiger partial charge < -0.3 is 10.4 Å². The summed E-state index contributed by atoms with van der Waals surface area (Å²) in [6.45, 7) is 0. The molecule has 2 N–H and O–H groups in total. The molecular formula is C10H11NO5S. The molecule has 0 unspecified atom stereocenters. The number of hydrogen-bond donors (Lipinski definition) is 2. The molecule has 0 aliphatic heterocycles. The van der Waals surface area contributed by atoms with Crippen molar-refractivity contribution in [2.24, 2.45) is 0 Å². The number of carbonyl (C=O) groups is 2. The van der Waals surface area contributed by atoms with E-state index in [1.807, 2.05) is 0 Å². The molecule has 6 nitrogen and oxygen atoms in total. The van der Waals surface area contributed by atoms with Crippen LogP contribution < -0.4 is 5.32 Å². The number of hydrogen-bond acceptors (Lipinski definition) is 4. The van der Waals surface area contributed by atoms with E-state index in [9.17, 15) is 18.0 Å². The molecule has 0 spiro atoms. The number of aliphatic carboxylic acids is 1. The van der Waals surface area contributed by atoms with Crippen molar-refractivity contribution >= 4 is 27.4 Å². The molecule has 17 heavy (non-hydrogen) atoms. The van der Waals surface area contributed by atoms with Crippen LogP contribution >= 0.6 is 0 Å². The first-order valence-electron chi connectivity index (χ1n) is 4.61. The minimum atomic E-state index is -3.47. The summed E-state index contributed by atoms with van der Waals surface area (Å²) < 4.78 is 22.8. The lowest BCUT2D eigenvalue weighted by molar-refractivity contribution is -0.139. The monoisotopic (exact) mass is 257 g/mol. The maximum Gasteiger partial charge on any atom is 0.312 e. The Morgan fingerprint density at radius 2 is 1.88 bits per heavy atom. The van der Waals surface area contributed by atoms with Crippen LogP contribution in [0.25, 0.3) is 0 Å². The number of nitrogens with one attached hydrogen (secondary N) is 1. The van der Waals surface area contributed by atoms with Crippen molar-refractivity contribution in [2.45, 2.75) is 11.3 Å². The number of carboxylic acids is 1. The third-order valence-electron chi connectivity index (χ3n) is 1.87. The van der Waals surface area contributed by atoms with Gasteiger partial charge in [-0.05, 0) is 12.1 Å². The molecule has 0 atom stereocenters. The molecule has 0 saturated carbocycles. The van der Waals surface area contributed by atoms with Gasteiger partial charge in [0.1, 0.15) is 6.42 Å². The summed E-state index contributed by atoms with van der Waals surface area (Å²) >= 11 is 0. The lowest BCUT2D eigenvalue weighted by Crippen LogP contribution is -2.17. The Hall–Kier alpha value is -1.89. The lowest BCUT2D eigenvalue weighted by Gasteiger charge is -2.08. The average molecular weight is 257 g/mol. The topological polar surface area (TPSA) is 101 Å². The summed E-state index contributed by atoms with van der Waals surface area (Å²) in [6, 6.07) is 5.80. The van der Waals surface area contributed by atoms with Crippen LogP contribution in [-0.4, -0.2) is 31.7 Å². The molecule has 1 rings (SSSR count). The van der Waals surface area contributed by atoms with Crippen molar-refractivity contribution in [3.8, 4) is 0 Å². The van der Waals surface area contributed by atoms with Crippen molar-refractivity contribution in [1.82, 2.24) is 0 Å². The zero-order chi connectivity index (χ0) is 13.1. The van der Waals surface area contributed by atoms with Crippen molar-refractivity contribution in [1.29, 1.82) is 0 Å².